The second-order valence-electron chi connectivity index (χ2n) is 12.4. The number of hydrogen-bond acceptors (Lipinski definition) is 6. The quantitative estimate of drug-likeness (QED) is 0.208. The molecule has 1 fully saturated rings. The highest BCUT2D eigenvalue weighted by molar-refractivity contribution is 7.22. The molecule has 0 unspecified atom stereocenters. The van der Waals surface area contributed by atoms with E-state index in [4.69, 9.17) is 26.7 Å². The van der Waals surface area contributed by atoms with E-state index in [0.717, 1.165) is 80.3 Å². The molecule has 0 saturated carbocycles. The maximum atomic E-state index is 11.8. The predicted octanol–water partition coefficient (Wildman–Crippen LogP) is 7.92. The van der Waals surface area contributed by atoms with Gasteiger partial charge in [-0.3, -0.25) is 4.79 Å². The normalized spacial score (nSPS) is 14.7. The largest absolute Gasteiger partial charge is 0.481 e. The van der Waals surface area contributed by atoms with E-state index in [0.29, 0.717) is 11.1 Å². The van der Waals surface area contributed by atoms with Gasteiger partial charge in [-0.15, -0.1) is 11.3 Å². The fourth-order valence-corrected chi connectivity index (χ4v) is 6.99. The summed E-state index contributed by atoms with van der Waals surface area (Å²) in [5.74, 6) is 0.198. The zero-order valence-corrected chi connectivity index (χ0v) is 27.2. The van der Waals surface area contributed by atoms with Crippen molar-refractivity contribution in [1.29, 1.82) is 0 Å². The van der Waals surface area contributed by atoms with Crippen molar-refractivity contribution in [2.24, 2.45) is 0 Å². The number of aliphatic hydroxyl groups is 1. The Hall–Kier alpha value is -3.30. The third kappa shape index (κ3) is 7.10. The minimum atomic E-state index is -0.853. The minimum Gasteiger partial charge on any atom is -0.481 e. The second-order valence-corrected chi connectivity index (χ2v) is 13.9. The monoisotopic (exact) mass is 618 g/mol. The molecular formula is C34H39ClN4O3S. The second kappa shape index (κ2) is 12.4. The van der Waals surface area contributed by atoms with Crippen molar-refractivity contribution in [1.82, 2.24) is 19.4 Å². The number of carbonyl (C=O) groups is 1. The number of imidazole rings is 1. The van der Waals surface area contributed by atoms with Gasteiger partial charge in [-0.25, -0.2) is 9.97 Å². The fraction of sp³-hybridized carbons (Fsp3) is 0.382. The molecule has 2 N–H and O–H groups in total. The van der Waals surface area contributed by atoms with E-state index in [1.807, 2.05) is 37.3 Å². The first-order chi connectivity index (χ1) is 20.3. The van der Waals surface area contributed by atoms with Crippen LogP contribution in [0, 0.1) is 13.8 Å². The van der Waals surface area contributed by atoms with Gasteiger partial charge >= 0.3 is 5.97 Å². The number of thiazole rings is 1. The van der Waals surface area contributed by atoms with E-state index in [1.54, 1.807) is 32.1 Å². The SMILES string of the molecule is CC(C)(C)O.Cc1cc2nc(-c3ccc4c(c3)nc(C)n4C3CCN(C)CC3)sc2c(-c2ccc(Cl)cc2)c1CC(=O)O. The lowest BCUT2D eigenvalue weighted by atomic mass is 9.93. The van der Waals surface area contributed by atoms with Crippen LogP contribution in [0.15, 0.2) is 48.5 Å². The average molecular weight is 619 g/mol. The molecule has 6 rings (SSSR count). The summed E-state index contributed by atoms with van der Waals surface area (Å²) in [4.78, 5) is 24.1. The Bertz CT molecular complexity index is 1770. The Morgan fingerprint density at radius 3 is 2.26 bits per heavy atom. The van der Waals surface area contributed by atoms with Crippen molar-refractivity contribution >= 4 is 50.2 Å². The molecule has 0 spiro atoms. The van der Waals surface area contributed by atoms with Crippen molar-refractivity contribution in [2.45, 2.75) is 65.5 Å². The van der Waals surface area contributed by atoms with E-state index in [2.05, 4.69) is 41.6 Å². The number of rotatable bonds is 5. The first-order valence-electron chi connectivity index (χ1n) is 14.6. The Morgan fingerprint density at radius 1 is 1.00 bits per heavy atom. The van der Waals surface area contributed by atoms with Gasteiger partial charge in [0.1, 0.15) is 10.8 Å². The number of aliphatic carboxylic acids is 1. The molecular weight excluding hydrogens is 580 g/mol. The molecule has 0 bridgehead atoms. The van der Waals surface area contributed by atoms with Crippen LogP contribution in [-0.4, -0.2) is 61.4 Å². The number of likely N-dealkylation sites (tertiary alicyclic amines) is 1. The van der Waals surface area contributed by atoms with Gasteiger partial charge in [0.15, 0.2) is 0 Å². The third-order valence-corrected chi connectivity index (χ3v) is 9.03. The van der Waals surface area contributed by atoms with E-state index in [1.165, 1.54) is 5.52 Å². The minimum absolute atomic E-state index is 0.0490. The molecule has 0 aliphatic carbocycles. The Balaban J connectivity index is 0.000000682. The molecule has 43 heavy (non-hydrogen) atoms. The number of nitrogens with zero attached hydrogens (tertiary/aromatic N) is 4. The molecule has 9 heteroatoms. The zero-order valence-electron chi connectivity index (χ0n) is 25.6. The molecule has 226 valence electrons. The van der Waals surface area contributed by atoms with Crippen LogP contribution in [0.25, 0.3) is 42.9 Å². The van der Waals surface area contributed by atoms with E-state index >= 15 is 0 Å². The number of fused-ring (bicyclic) bond motifs is 2. The van der Waals surface area contributed by atoms with Crippen LogP contribution in [-0.2, 0) is 11.2 Å². The number of halogens is 1. The molecule has 1 aliphatic rings. The molecule has 5 aromatic rings. The van der Waals surface area contributed by atoms with Crippen LogP contribution < -0.4 is 0 Å². The van der Waals surface area contributed by atoms with Crippen molar-refractivity contribution in [3.8, 4) is 21.7 Å². The van der Waals surface area contributed by atoms with Crippen molar-refractivity contribution < 1.29 is 15.0 Å². The van der Waals surface area contributed by atoms with Gasteiger partial charge in [-0.05, 0) is 121 Å². The maximum Gasteiger partial charge on any atom is 0.307 e. The smallest absolute Gasteiger partial charge is 0.307 e. The molecule has 0 amide bonds. The fourth-order valence-electron chi connectivity index (χ4n) is 5.73. The summed E-state index contributed by atoms with van der Waals surface area (Å²) in [6.45, 7) is 11.5. The average Bonchev–Trinajstić information content (AvgIpc) is 3.48. The Morgan fingerprint density at radius 2 is 1.63 bits per heavy atom. The zero-order chi connectivity index (χ0) is 31.1. The van der Waals surface area contributed by atoms with Crippen molar-refractivity contribution in [3.05, 3.63) is 70.5 Å². The molecule has 3 heterocycles. The lowest BCUT2D eigenvalue weighted by Gasteiger charge is -2.30. The van der Waals surface area contributed by atoms with Gasteiger partial charge in [0.05, 0.1) is 33.3 Å². The first kappa shape index (κ1) is 31.1. The van der Waals surface area contributed by atoms with Gasteiger partial charge in [-0.2, -0.15) is 0 Å². The van der Waals surface area contributed by atoms with Crippen molar-refractivity contribution in [2.75, 3.05) is 20.1 Å². The van der Waals surface area contributed by atoms with Gasteiger partial charge in [0.25, 0.3) is 0 Å². The van der Waals surface area contributed by atoms with Gasteiger partial charge in [-0.1, -0.05) is 23.7 Å². The number of aryl methyl sites for hydroxylation is 2. The van der Waals surface area contributed by atoms with Gasteiger partial charge in [0, 0.05) is 22.2 Å². The molecule has 1 saturated heterocycles. The summed E-state index contributed by atoms with van der Waals surface area (Å²) in [6, 6.07) is 16.5. The highest BCUT2D eigenvalue weighted by Gasteiger charge is 2.23. The van der Waals surface area contributed by atoms with Crippen LogP contribution in [0.2, 0.25) is 5.02 Å². The molecule has 0 atom stereocenters. The van der Waals surface area contributed by atoms with E-state index < -0.39 is 11.6 Å². The summed E-state index contributed by atoms with van der Waals surface area (Å²) in [5, 5.41) is 19.7. The standard InChI is InChI=1S/C30H29ClN4O2S.C4H10O/c1-17-14-25-29(28(23(17)16-27(36)37)19-4-7-21(31)8-5-19)38-30(33-25)20-6-9-26-24(15-20)32-18(2)35(26)22-10-12-34(3)13-11-22;1-4(2,3)5/h4-9,14-15,22H,10-13,16H2,1-3H3,(H,36,37);5H,1-3H3. The van der Waals surface area contributed by atoms with Crippen LogP contribution >= 0.6 is 22.9 Å². The summed E-state index contributed by atoms with van der Waals surface area (Å²) in [7, 11) is 2.18. The number of benzene rings is 3. The van der Waals surface area contributed by atoms with Crippen LogP contribution in [0.4, 0.5) is 0 Å². The molecule has 1 aliphatic heterocycles. The molecule has 7 nitrogen and oxygen atoms in total. The highest BCUT2D eigenvalue weighted by atomic mass is 35.5. The van der Waals surface area contributed by atoms with Crippen molar-refractivity contribution in [3.63, 3.8) is 0 Å². The van der Waals surface area contributed by atoms with Gasteiger partial charge in [0.2, 0.25) is 0 Å². The molecule has 3 aromatic carbocycles. The van der Waals surface area contributed by atoms with E-state index in [-0.39, 0.29) is 6.42 Å². The summed E-state index contributed by atoms with van der Waals surface area (Å²) in [6.07, 6.45) is 2.22. The predicted molar refractivity (Wildman–Crippen MR) is 177 cm³/mol. The van der Waals surface area contributed by atoms with Crippen LogP contribution in [0.5, 0.6) is 0 Å². The number of aromatic nitrogens is 3. The maximum absolute atomic E-state index is 11.8. The number of hydrogen-bond donors (Lipinski definition) is 2. The topological polar surface area (TPSA) is 91.5 Å². The Labute approximate surface area is 261 Å². The van der Waals surface area contributed by atoms with Crippen LogP contribution in [0.1, 0.15) is 56.6 Å². The van der Waals surface area contributed by atoms with Crippen LogP contribution in [0.3, 0.4) is 0 Å². The lowest BCUT2D eigenvalue weighted by molar-refractivity contribution is -0.136. The van der Waals surface area contributed by atoms with Gasteiger partial charge < -0.3 is 19.7 Å². The first-order valence-corrected chi connectivity index (χ1v) is 15.8. The summed E-state index contributed by atoms with van der Waals surface area (Å²) >= 11 is 7.76. The summed E-state index contributed by atoms with van der Waals surface area (Å²) in [5.41, 5.74) is 7.14. The Kier molecular flexibility index (Phi) is 8.95. The molecule has 2 aromatic heterocycles. The number of carboxylic acids is 1. The summed E-state index contributed by atoms with van der Waals surface area (Å²) < 4.78 is 3.39. The number of carboxylic acid groups (broad SMARTS) is 1. The number of piperidine rings is 1. The molecule has 0 radical (unpaired) electrons. The van der Waals surface area contributed by atoms with E-state index in [9.17, 15) is 9.90 Å². The third-order valence-electron chi connectivity index (χ3n) is 7.64. The lowest BCUT2D eigenvalue weighted by Crippen LogP contribution is -2.31. The highest BCUT2D eigenvalue weighted by Crippen LogP contribution is 2.41.